The van der Waals surface area contributed by atoms with Crippen molar-refractivity contribution in [3.05, 3.63) is 54.2 Å². The third-order valence-electron chi connectivity index (χ3n) is 3.10. The van der Waals surface area contributed by atoms with Crippen molar-refractivity contribution in [2.75, 3.05) is 31.2 Å². The zero-order valence-electron chi connectivity index (χ0n) is 11.9. The Morgan fingerprint density at radius 2 is 1.95 bits per heavy atom. The highest BCUT2D eigenvalue weighted by molar-refractivity contribution is 5.43. The number of nitrogens with two attached hydrogens (primary N) is 1. The standard InChI is InChI=1S/C16H22N4/c1-20(13-14-6-3-2-4-7-14)11-5-10-18-16-9-8-15(17)12-19-16/h2-4,6-9,12H,5,10-11,13,17H2,1H3,(H,18,19). The van der Waals surface area contributed by atoms with Crippen LogP contribution < -0.4 is 11.1 Å². The summed E-state index contributed by atoms with van der Waals surface area (Å²) in [6.07, 6.45) is 2.75. The molecule has 3 N–H and O–H groups in total. The smallest absolute Gasteiger partial charge is 0.126 e. The molecule has 0 saturated heterocycles. The summed E-state index contributed by atoms with van der Waals surface area (Å²) in [5, 5.41) is 3.30. The predicted molar refractivity (Wildman–Crippen MR) is 84.5 cm³/mol. The van der Waals surface area contributed by atoms with Crippen LogP contribution in [0.25, 0.3) is 0 Å². The summed E-state index contributed by atoms with van der Waals surface area (Å²) < 4.78 is 0. The van der Waals surface area contributed by atoms with E-state index in [1.165, 1.54) is 5.56 Å². The van der Waals surface area contributed by atoms with E-state index in [4.69, 9.17) is 5.73 Å². The lowest BCUT2D eigenvalue weighted by Gasteiger charge is -2.16. The lowest BCUT2D eigenvalue weighted by molar-refractivity contribution is 0.325. The van der Waals surface area contributed by atoms with Crippen molar-refractivity contribution in [3.63, 3.8) is 0 Å². The molecule has 2 rings (SSSR count). The average molecular weight is 270 g/mol. The van der Waals surface area contributed by atoms with Crippen LogP contribution in [-0.4, -0.2) is 30.0 Å². The molecule has 20 heavy (non-hydrogen) atoms. The number of benzene rings is 1. The van der Waals surface area contributed by atoms with Gasteiger partial charge in [0, 0.05) is 13.1 Å². The summed E-state index contributed by atoms with van der Waals surface area (Å²) in [5.74, 6) is 0.880. The van der Waals surface area contributed by atoms with E-state index in [-0.39, 0.29) is 0 Å². The van der Waals surface area contributed by atoms with Gasteiger partial charge in [0.15, 0.2) is 0 Å². The SMILES string of the molecule is CN(CCCNc1ccc(N)cn1)Cc1ccccc1. The topological polar surface area (TPSA) is 54.2 Å². The van der Waals surface area contributed by atoms with Crippen molar-refractivity contribution in [2.45, 2.75) is 13.0 Å². The molecule has 106 valence electrons. The van der Waals surface area contributed by atoms with Gasteiger partial charge in [-0.05, 0) is 37.7 Å². The van der Waals surface area contributed by atoms with Gasteiger partial charge in [-0.1, -0.05) is 30.3 Å². The monoisotopic (exact) mass is 270 g/mol. The molecule has 0 aliphatic heterocycles. The van der Waals surface area contributed by atoms with E-state index in [1.54, 1.807) is 6.20 Å². The molecule has 1 aromatic carbocycles. The van der Waals surface area contributed by atoms with Crippen LogP contribution in [0.2, 0.25) is 0 Å². The highest BCUT2D eigenvalue weighted by atomic mass is 15.1. The van der Waals surface area contributed by atoms with E-state index in [1.807, 2.05) is 18.2 Å². The lowest BCUT2D eigenvalue weighted by atomic mass is 10.2. The molecule has 0 amide bonds. The lowest BCUT2D eigenvalue weighted by Crippen LogP contribution is -2.21. The van der Waals surface area contributed by atoms with Gasteiger partial charge in [-0.25, -0.2) is 4.98 Å². The van der Waals surface area contributed by atoms with Gasteiger partial charge in [0.1, 0.15) is 5.82 Å². The number of aromatic nitrogens is 1. The van der Waals surface area contributed by atoms with E-state index in [9.17, 15) is 0 Å². The summed E-state index contributed by atoms with van der Waals surface area (Å²) >= 11 is 0. The summed E-state index contributed by atoms with van der Waals surface area (Å²) in [4.78, 5) is 6.54. The Morgan fingerprint density at radius 3 is 2.65 bits per heavy atom. The number of hydrogen-bond donors (Lipinski definition) is 2. The van der Waals surface area contributed by atoms with Crippen molar-refractivity contribution >= 4 is 11.5 Å². The Balaban J connectivity index is 1.64. The first-order chi connectivity index (χ1) is 9.74. The van der Waals surface area contributed by atoms with Crippen LogP contribution in [-0.2, 0) is 6.54 Å². The number of anilines is 2. The van der Waals surface area contributed by atoms with E-state index < -0.39 is 0 Å². The largest absolute Gasteiger partial charge is 0.397 e. The van der Waals surface area contributed by atoms with E-state index in [0.29, 0.717) is 5.69 Å². The maximum Gasteiger partial charge on any atom is 0.126 e. The fraction of sp³-hybridized carbons (Fsp3) is 0.312. The molecule has 4 heteroatoms. The van der Waals surface area contributed by atoms with Crippen LogP contribution in [0.3, 0.4) is 0 Å². The average Bonchev–Trinajstić information content (AvgIpc) is 2.46. The number of nitrogens with one attached hydrogen (secondary N) is 1. The van der Waals surface area contributed by atoms with E-state index in [0.717, 1.165) is 31.9 Å². The molecule has 2 aromatic rings. The van der Waals surface area contributed by atoms with Gasteiger partial charge in [-0.2, -0.15) is 0 Å². The van der Waals surface area contributed by atoms with Crippen molar-refractivity contribution in [3.8, 4) is 0 Å². The molecule has 4 nitrogen and oxygen atoms in total. The molecule has 0 saturated carbocycles. The maximum absolute atomic E-state index is 5.60. The Morgan fingerprint density at radius 1 is 1.15 bits per heavy atom. The third kappa shape index (κ3) is 4.90. The first-order valence-corrected chi connectivity index (χ1v) is 6.92. The summed E-state index contributed by atoms with van der Waals surface area (Å²) in [7, 11) is 2.15. The highest BCUT2D eigenvalue weighted by Gasteiger charge is 2.00. The van der Waals surface area contributed by atoms with Crippen LogP contribution in [0.5, 0.6) is 0 Å². The molecule has 0 atom stereocenters. The molecular formula is C16H22N4. The summed E-state index contributed by atoms with van der Waals surface area (Å²) in [6, 6.07) is 14.3. The Bertz CT molecular complexity index is 496. The van der Waals surface area contributed by atoms with Crippen molar-refractivity contribution in [1.29, 1.82) is 0 Å². The second-order valence-corrected chi connectivity index (χ2v) is 4.98. The number of pyridine rings is 1. The van der Waals surface area contributed by atoms with Crippen molar-refractivity contribution in [1.82, 2.24) is 9.88 Å². The number of hydrogen-bond acceptors (Lipinski definition) is 4. The molecular weight excluding hydrogens is 248 g/mol. The molecule has 1 heterocycles. The number of nitrogens with zero attached hydrogens (tertiary/aromatic N) is 2. The van der Waals surface area contributed by atoms with Gasteiger partial charge in [0.2, 0.25) is 0 Å². The minimum absolute atomic E-state index is 0.693. The summed E-state index contributed by atoms with van der Waals surface area (Å²) in [5.41, 5.74) is 7.64. The zero-order valence-corrected chi connectivity index (χ0v) is 11.9. The van der Waals surface area contributed by atoms with Gasteiger partial charge in [-0.15, -0.1) is 0 Å². The zero-order chi connectivity index (χ0) is 14.2. The molecule has 1 aromatic heterocycles. The fourth-order valence-electron chi connectivity index (χ4n) is 2.05. The van der Waals surface area contributed by atoms with Crippen molar-refractivity contribution in [2.24, 2.45) is 0 Å². The van der Waals surface area contributed by atoms with Crippen LogP contribution in [0.1, 0.15) is 12.0 Å². The molecule has 0 unspecified atom stereocenters. The van der Waals surface area contributed by atoms with Crippen LogP contribution in [0.15, 0.2) is 48.7 Å². The maximum atomic E-state index is 5.60. The minimum Gasteiger partial charge on any atom is -0.397 e. The summed E-state index contributed by atoms with van der Waals surface area (Å²) in [6.45, 7) is 2.95. The second-order valence-electron chi connectivity index (χ2n) is 4.98. The predicted octanol–water partition coefficient (Wildman–Crippen LogP) is 2.60. The molecule has 0 aliphatic carbocycles. The highest BCUT2D eigenvalue weighted by Crippen LogP contribution is 2.06. The van der Waals surface area contributed by atoms with E-state index in [2.05, 4.69) is 46.5 Å². The van der Waals surface area contributed by atoms with Gasteiger partial charge < -0.3 is 16.0 Å². The van der Waals surface area contributed by atoms with Gasteiger partial charge in [-0.3, -0.25) is 0 Å². The van der Waals surface area contributed by atoms with Gasteiger partial charge >= 0.3 is 0 Å². The Labute approximate surface area is 120 Å². The molecule has 0 fully saturated rings. The Hall–Kier alpha value is -2.07. The number of rotatable bonds is 7. The first kappa shape index (κ1) is 14.3. The fourth-order valence-corrected chi connectivity index (χ4v) is 2.05. The van der Waals surface area contributed by atoms with Crippen LogP contribution in [0.4, 0.5) is 11.5 Å². The second kappa shape index (κ2) is 7.50. The molecule has 0 aliphatic rings. The molecule has 0 bridgehead atoms. The van der Waals surface area contributed by atoms with Crippen LogP contribution in [0, 0.1) is 0 Å². The van der Waals surface area contributed by atoms with Gasteiger partial charge in [0.05, 0.1) is 11.9 Å². The quantitative estimate of drug-likeness (QED) is 0.759. The van der Waals surface area contributed by atoms with Gasteiger partial charge in [0.25, 0.3) is 0 Å². The third-order valence-corrected chi connectivity index (χ3v) is 3.10. The van der Waals surface area contributed by atoms with Crippen LogP contribution >= 0.6 is 0 Å². The Kier molecular flexibility index (Phi) is 5.38. The number of nitrogen functional groups attached to an aromatic ring is 1. The molecule has 0 radical (unpaired) electrons. The first-order valence-electron chi connectivity index (χ1n) is 6.92. The molecule has 0 spiro atoms. The normalized spacial score (nSPS) is 10.7. The van der Waals surface area contributed by atoms with E-state index >= 15 is 0 Å². The van der Waals surface area contributed by atoms with Crippen molar-refractivity contribution < 1.29 is 0 Å². The minimum atomic E-state index is 0.693.